The molecule has 0 aliphatic heterocycles. The Morgan fingerprint density at radius 3 is 1.52 bits per heavy atom. The summed E-state index contributed by atoms with van der Waals surface area (Å²) in [4.78, 5) is 17.2. The molecule has 0 atom stereocenters. The predicted molar refractivity (Wildman–Crippen MR) is 132 cm³/mol. The predicted octanol–water partition coefficient (Wildman–Crippen LogP) is 6.56. The quantitative estimate of drug-likeness (QED) is 0.429. The molecule has 1 aliphatic rings. The lowest BCUT2D eigenvalue weighted by molar-refractivity contribution is -0.112. The number of anilines is 2. The summed E-state index contributed by atoms with van der Waals surface area (Å²) < 4.78 is 2.06. The van der Waals surface area contributed by atoms with E-state index in [0.29, 0.717) is 0 Å². The molecule has 0 saturated heterocycles. The molecule has 0 unspecified atom stereocenters. The van der Waals surface area contributed by atoms with Gasteiger partial charge in [-0.1, -0.05) is 12.1 Å². The molecular weight excluding hydrogens is 492 g/mol. The lowest BCUT2D eigenvalue weighted by Crippen LogP contribution is -2.12. The highest BCUT2D eigenvalue weighted by Crippen LogP contribution is 2.32. The van der Waals surface area contributed by atoms with Gasteiger partial charge in [0, 0.05) is 48.3 Å². The smallest absolute Gasteiger partial charge is 0.185 e. The van der Waals surface area contributed by atoms with E-state index >= 15 is 0 Å². The van der Waals surface area contributed by atoms with Crippen LogP contribution in [0.2, 0.25) is 0 Å². The zero-order valence-corrected chi connectivity index (χ0v) is 20.5. The van der Waals surface area contributed by atoms with E-state index in [1.54, 1.807) is 0 Å². The summed E-state index contributed by atoms with van der Waals surface area (Å²) in [6.07, 6.45) is 6.71. The minimum atomic E-state index is 0.164. The van der Waals surface area contributed by atoms with Gasteiger partial charge in [-0.05, 0) is 98.7 Å². The van der Waals surface area contributed by atoms with Crippen LogP contribution >= 0.6 is 31.9 Å². The van der Waals surface area contributed by atoms with Crippen LogP contribution < -0.4 is 9.80 Å². The Balaban J connectivity index is 1.87. The van der Waals surface area contributed by atoms with Crippen molar-refractivity contribution in [2.75, 3.05) is 38.0 Å². The van der Waals surface area contributed by atoms with E-state index in [0.717, 1.165) is 61.9 Å². The molecule has 5 heteroatoms. The molecule has 2 aromatic carbocycles. The average molecular weight is 518 g/mol. The van der Waals surface area contributed by atoms with Crippen molar-refractivity contribution in [1.82, 2.24) is 0 Å². The van der Waals surface area contributed by atoms with Crippen molar-refractivity contribution >= 4 is 61.2 Å². The Morgan fingerprint density at radius 1 is 0.759 bits per heavy atom. The molecule has 1 aliphatic carbocycles. The molecular formula is C24H26Br2N2O. The summed E-state index contributed by atoms with van der Waals surface area (Å²) >= 11 is 7.26. The van der Waals surface area contributed by atoms with Crippen molar-refractivity contribution in [2.24, 2.45) is 0 Å². The molecule has 3 rings (SSSR count). The molecule has 0 heterocycles. The highest BCUT2D eigenvalue weighted by atomic mass is 79.9. The van der Waals surface area contributed by atoms with E-state index in [2.05, 4.69) is 78.1 Å². The molecule has 0 radical (unpaired) electrons. The molecule has 0 N–H and O–H groups in total. The monoisotopic (exact) mass is 516 g/mol. The van der Waals surface area contributed by atoms with Gasteiger partial charge in [-0.25, -0.2) is 0 Å². The zero-order chi connectivity index (χ0) is 21.1. The van der Waals surface area contributed by atoms with Crippen molar-refractivity contribution in [3.63, 3.8) is 0 Å². The molecule has 0 bridgehead atoms. The van der Waals surface area contributed by atoms with Crippen LogP contribution in [0.5, 0.6) is 0 Å². The second kappa shape index (κ2) is 9.31. The molecule has 1 fully saturated rings. The zero-order valence-electron chi connectivity index (χ0n) is 17.3. The van der Waals surface area contributed by atoms with Crippen LogP contribution in [0.1, 0.15) is 30.4 Å². The fourth-order valence-corrected chi connectivity index (χ4v) is 5.03. The minimum absolute atomic E-state index is 0.164. The van der Waals surface area contributed by atoms with Crippen LogP contribution in [-0.4, -0.2) is 34.0 Å². The van der Waals surface area contributed by atoms with Crippen molar-refractivity contribution in [2.45, 2.75) is 19.3 Å². The van der Waals surface area contributed by atoms with Gasteiger partial charge in [-0.3, -0.25) is 4.79 Å². The first kappa shape index (κ1) is 21.8. The summed E-state index contributed by atoms with van der Waals surface area (Å²) in [7, 11) is 8.07. The maximum absolute atomic E-state index is 13.1. The van der Waals surface area contributed by atoms with E-state index in [4.69, 9.17) is 0 Å². The van der Waals surface area contributed by atoms with Gasteiger partial charge in [0.15, 0.2) is 5.78 Å². The number of hydrogen-bond donors (Lipinski definition) is 0. The van der Waals surface area contributed by atoms with Gasteiger partial charge in [0.2, 0.25) is 0 Å². The molecule has 2 aromatic rings. The fourth-order valence-electron chi connectivity index (χ4n) is 3.53. The maximum atomic E-state index is 13.1. The first-order valence-electron chi connectivity index (χ1n) is 9.66. The Labute approximate surface area is 190 Å². The van der Waals surface area contributed by atoms with Crippen molar-refractivity contribution in [3.8, 4) is 0 Å². The number of allylic oxidation sites excluding steroid dienone is 2. The van der Waals surface area contributed by atoms with E-state index in [9.17, 15) is 4.79 Å². The van der Waals surface area contributed by atoms with Crippen LogP contribution in [0.4, 0.5) is 11.4 Å². The van der Waals surface area contributed by atoms with Gasteiger partial charge in [0.25, 0.3) is 0 Å². The number of benzene rings is 2. The molecule has 29 heavy (non-hydrogen) atoms. The number of ketones is 1. The summed E-state index contributed by atoms with van der Waals surface area (Å²) in [6.45, 7) is 0. The van der Waals surface area contributed by atoms with E-state index in [1.165, 1.54) is 0 Å². The average Bonchev–Trinajstić information content (AvgIpc) is 2.64. The van der Waals surface area contributed by atoms with Gasteiger partial charge >= 0.3 is 0 Å². The molecule has 3 nitrogen and oxygen atoms in total. The topological polar surface area (TPSA) is 23.6 Å². The van der Waals surface area contributed by atoms with E-state index in [-0.39, 0.29) is 5.78 Å². The van der Waals surface area contributed by atoms with Crippen LogP contribution in [0, 0.1) is 0 Å². The maximum Gasteiger partial charge on any atom is 0.185 e. The van der Waals surface area contributed by atoms with Gasteiger partial charge in [0.05, 0.1) is 11.4 Å². The van der Waals surface area contributed by atoms with Gasteiger partial charge in [-0.15, -0.1) is 0 Å². The van der Waals surface area contributed by atoms with Gasteiger partial charge < -0.3 is 9.80 Å². The summed E-state index contributed by atoms with van der Waals surface area (Å²) in [5.74, 6) is 0.164. The standard InChI is InChI=1S/C24H26Br2N2O/c1-27(2)22-10-8-16(14-20(22)25)12-18-6-5-7-19(24(18)29)13-17-9-11-23(28(3)4)21(26)15-17/h8-15H,5-7H2,1-4H3. The number of hydrogen-bond acceptors (Lipinski definition) is 3. The Kier molecular flexibility index (Phi) is 7.01. The molecule has 0 amide bonds. The molecule has 0 aromatic heterocycles. The first-order chi connectivity index (χ1) is 13.8. The number of carbonyl (C=O) groups is 1. The second-order valence-corrected chi connectivity index (χ2v) is 9.44. The number of Topliss-reactive ketones (excluding diaryl/α,β-unsaturated/α-hetero) is 1. The second-order valence-electron chi connectivity index (χ2n) is 7.73. The number of nitrogens with zero attached hydrogens (tertiary/aromatic N) is 2. The Morgan fingerprint density at radius 2 is 1.17 bits per heavy atom. The van der Waals surface area contributed by atoms with Crippen LogP contribution in [-0.2, 0) is 4.79 Å². The molecule has 1 saturated carbocycles. The fraction of sp³-hybridized carbons (Fsp3) is 0.292. The third-order valence-corrected chi connectivity index (χ3v) is 6.33. The Bertz CT molecular complexity index is 913. The normalized spacial score (nSPS) is 17.1. The SMILES string of the molecule is CN(C)c1ccc(C=C2CCCC(=Cc3ccc(N(C)C)c(Br)c3)C2=O)cc1Br. The van der Waals surface area contributed by atoms with E-state index in [1.807, 2.05) is 40.3 Å². The Hall–Kier alpha value is -1.85. The van der Waals surface area contributed by atoms with Crippen LogP contribution in [0.15, 0.2) is 56.5 Å². The summed E-state index contributed by atoms with van der Waals surface area (Å²) in [6, 6.07) is 12.4. The summed E-state index contributed by atoms with van der Waals surface area (Å²) in [5, 5.41) is 0. The minimum Gasteiger partial charge on any atom is -0.377 e. The highest BCUT2D eigenvalue weighted by molar-refractivity contribution is 9.11. The lowest BCUT2D eigenvalue weighted by atomic mass is 9.87. The third kappa shape index (κ3) is 5.20. The largest absolute Gasteiger partial charge is 0.377 e. The van der Waals surface area contributed by atoms with Crippen molar-refractivity contribution in [1.29, 1.82) is 0 Å². The van der Waals surface area contributed by atoms with Gasteiger partial charge in [0.1, 0.15) is 0 Å². The first-order valence-corrected chi connectivity index (χ1v) is 11.2. The number of carbonyl (C=O) groups excluding carboxylic acids is 1. The molecule has 152 valence electrons. The van der Waals surface area contributed by atoms with Gasteiger partial charge in [-0.2, -0.15) is 0 Å². The molecule has 0 spiro atoms. The number of halogens is 2. The van der Waals surface area contributed by atoms with Crippen molar-refractivity contribution in [3.05, 3.63) is 67.6 Å². The number of rotatable bonds is 4. The van der Waals surface area contributed by atoms with Crippen LogP contribution in [0.3, 0.4) is 0 Å². The summed E-state index contributed by atoms with van der Waals surface area (Å²) in [5.41, 5.74) is 6.10. The lowest BCUT2D eigenvalue weighted by Gasteiger charge is -2.18. The van der Waals surface area contributed by atoms with Crippen molar-refractivity contribution < 1.29 is 4.79 Å². The van der Waals surface area contributed by atoms with Crippen LogP contribution in [0.25, 0.3) is 12.2 Å². The van der Waals surface area contributed by atoms with E-state index < -0.39 is 0 Å². The highest BCUT2D eigenvalue weighted by Gasteiger charge is 2.20. The third-order valence-electron chi connectivity index (χ3n) is 5.06.